The Morgan fingerprint density at radius 3 is 2.93 bits per heavy atom. The van der Waals surface area contributed by atoms with Crippen molar-refractivity contribution >= 4 is 5.82 Å². The van der Waals surface area contributed by atoms with E-state index >= 15 is 0 Å². The molecule has 0 aliphatic rings. The zero-order chi connectivity index (χ0) is 10.7. The molecule has 0 radical (unpaired) electrons. The van der Waals surface area contributed by atoms with Crippen LogP contribution in [0.4, 0.5) is 5.82 Å². The molecule has 78 valence electrons. The van der Waals surface area contributed by atoms with Crippen molar-refractivity contribution in [2.45, 2.75) is 13.3 Å². The lowest BCUT2D eigenvalue weighted by atomic mass is 10.2. The fourth-order valence-corrected chi connectivity index (χ4v) is 1.44. The molecule has 2 aromatic rings. The topological polar surface area (TPSA) is 81.6 Å². The van der Waals surface area contributed by atoms with Gasteiger partial charge in [0, 0.05) is 18.0 Å². The molecule has 6 heteroatoms. The summed E-state index contributed by atoms with van der Waals surface area (Å²) in [4.78, 5) is 8.24. The molecule has 0 bridgehead atoms. The first kappa shape index (κ1) is 9.60. The molecule has 0 aromatic carbocycles. The first-order valence-electron chi connectivity index (χ1n) is 4.67. The van der Waals surface area contributed by atoms with Crippen LogP contribution < -0.4 is 11.3 Å². The van der Waals surface area contributed by atoms with Crippen molar-refractivity contribution in [3.63, 3.8) is 0 Å². The van der Waals surface area contributed by atoms with Gasteiger partial charge in [0.1, 0.15) is 12.1 Å². The molecule has 0 saturated carbocycles. The van der Waals surface area contributed by atoms with Crippen LogP contribution in [0.5, 0.6) is 0 Å². The second-order valence-electron chi connectivity index (χ2n) is 2.97. The molecule has 15 heavy (non-hydrogen) atoms. The second kappa shape index (κ2) is 4.05. The van der Waals surface area contributed by atoms with Crippen molar-refractivity contribution in [2.24, 2.45) is 5.84 Å². The maximum Gasteiger partial charge on any atom is 0.162 e. The lowest BCUT2D eigenvalue weighted by molar-refractivity contribution is 0.818. The minimum absolute atomic E-state index is 0.637. The largest absolute Gasteiger partial charge is 0.308 e. The van der Waals surface area contributed by atoms with Crippen LogP contribution in [0, 0.1) is 0 Å². The van der Waals surface area contributed by atoms with Gasteiger partial charge < -0.3 is 5.43 Å². The third kappa shape index (κ3) is 1.66. The summed E-state index contributed by atoms with van der Waals surface area (Å²) >= 11 is 0. The summed E-state index contributed by atoms with van der Waals surface area (Å²) in [5.74, 6) is 6.77. The molecular formula is C9H12N6. The standard InChI is InChI=1S/C9H12N6/c1-2-7-8(14-10)11-6-12-9(7)15-5-3-4-13-15/h3-6H,2,10H2,1H3,(H,11,12,14). The molecule has 3 N–H and O–H groups in total. The monoisotopic (exact) mass is 204 g/mol. The number of hydrogen-bond donors (Lipinski definition) is 2. The maximum absolute atomic E-state index is 5.38. The molecule has 2 aromatic heterocycles. The second-order valence-corrected chi connectivity index (χ2v) is 2.97. The average Bonchev–Trinajstić information content (AvgIpc) is 2.81. The smallest absolute Gasteiger partial charge is 0.162 e. The van der Waals surface area contributed by atoms with E-state index in [1.165, 1.54) is 6.33 Å². The zero-order valence-electron chi connectivity index (χ0n) is 8.38. The Hall–Kier alpha value is -1.95. The quantitative estimate of drug-likeness (QED) is 0.562. The molecule has 0 fully saturated rings. The molecule has 2 heterocycles. The van der Waals surface area contributed by atoms with Gasteiger partial charge in [-0.05, 0) is 12.5 Å². The van der Waals surface area contributed by atoms with E-state index in [4.69, 9.17) is 5.84 Å². The van der Waals surface area contributed by atoms with Gasteiger partial charge in [-0.1, -0.05) is 6.92 Å². The highest BCUT2D eigenvalue weighted by Crippen LogP contribution is 2.17. The number of nitrogen functional groups attached to an aromatic ring is 1. The van der Waals surface area contributed by atoms with Gasteiger partial charge in [-0.3, -0.25) is 0 Å². The highest BCUT2D eigenvalue weighted by molar-refractivity contribution is 5.50. The number of hydrazine groups is 1. The fourth-order valence-electron chi connectivity index (χ4n) is 1.44. The lowest BCUT2D eigenvalue weighted by Crippen LogP contribution is -2.14. The molecular weight excluding hydrogens is 192 g/mol. The predicted octanol–water partition coefficient (Wildman–Crippen LogP) is 0.510. The molecule has 0 amide bonds. The summed E-state index contributed by atoms with van der Waals surface area (Å²) in [5.41, 5.74) is 3.50. The number of nitrogens with two attached hydrogens (primary N) is 1. The third-order valence-electron chi connectivity index (χ3n) is 2.13. The van der Waals surface area contributed by atoms with E-state index in [1.54, 1.807) is 10.9 Å². The fraction of sp³-hybridized carbons (Fsp3) is 0.222. The Morgan fingerprint density at radius 2 is 2.33 bits per heavy atom. The zero-order valence-corrected chi connectivity index (χ0v) is 8.38. The van der Waals surface area contributed by atoms with Crippen LogP contribution in [0.2, 0.25) is 0 Å². The average molecular weight is 204 g/mol. The molecule has 6 nitrogen and oxygen atoms in total. The van der Waals surface area contributed by atoms with Crippen molar-refractivity contribution < 1.29 is 0 Å². The van der Waals surface area contributed by atoms with E-state index in [1.807, 2.05) is 19.2 Å². The van der Waals surface area contributed by atoms with E-state index in [-0.39, 0.29) is 0 Å². The molecule has 0 atom stereocenters. The van der Waals surface area contributed by atoms with Gasteiger partial charge in [-0.15, -0.1) is 0 Å². The Bertz CT molecular complexity index is 436. The molecule has 2 rings (SSSR count). The first-order chi connectivity index (χ1) is 7.36. The van der Waals surface area contributed by atoms with Gasteiger partial charge in [0.25, 0.3) is 0 Å². The minimum atomic E-state index is 0.637. The van der Waals surface area contributed by atoms with Crippen molar-refractivity contribution in [3.8, 4) is 5.82 Å². The van der Waals surface area contributed by atoms with Crippen molar-refractivity contribution in [2.75, 3.05) is 5.43 Å². The molecule has 0 saturated heterocycles. The summed E-state index contributed by atoms with van der Waals surface area (Å²) in [6.45, 7) is 2.02. The van der Waals surface area contributed by atoms with Crippen LogP contribution in [0.25, 0.3) is 5.82 Å². The minimum Gasteiger partial charge on any atom is -0.308 e. The predicted molar refractivity (Wildman–Crippen MR) is 56.3 cm³/mol. The van der Waals surface area contributed by atoms with Crippen molar-refractivity contribution in [1.29, 1.82) is 0 Å². The van der Waals surface area contributed by atoms with Crippen LogP contribution >= 0.6 is 0 Å². The van der Waals surface area contributed by atoms with Crippen LogP contribution in [0.1, 0.15) is 12.5 Å². The Kier molecular flexibility index (Phi) is 2.59. The van der Waals surface area contributed by atoms with Gasteiger partial charge in [0.2, 0.25) is 0 Å². The number of anilines is 1. The Morgan fingerprint density at radius 1 is 1.47 bits per heavy atom. The molecule has 0 spiro atoms. The Balaban J connectivity index is 2.56. The number of aromatic nitrogens is 4. The van der Waals surface area contributed by atoms with E-state index in [2.05, 4.69) is 20.5 Å². The first-order valence-corrected chi connectivity index (χ1v) is 4.67. The molecule has 0 aliphatic heterocycles. The molecule has 0 unspecified atom stereocenters. The summed E-state index contributed by atoms with van der Waals surface area (Å²) in [5, 5.41) is 4.13. The van der Waals surface area contributed by atoms with Crippen LogP contribution in [-0.4, -0.2) is 19.7 Å². The van der Waals surface area contributed by atoms with Crippen molar-refractivity contribution in [3.05, 3.63) is 30.4 Å². The number of hydrogen-bond acceptors (Lipinski definition) is 5. The van der Waals surface area contributed by atoms with Gasteiger partial charge in [0.15, 0.2) is 5.82 Å². The summed E-state index contributed by atoms with van der Waals surface area (Å²) < 4.78 is 1.70. The highest BCUT2D eigenvalue weighted by atomic mass is 15.3. The van der Waals surface area contributed by atoms with Crippen LogP contribution in [-0.2, 0) is 6.42 Å². The van der Waals surface area contributed by atoms with E-state index in [0.29, 0.717) is 5.82 Å². The third-order valence-corrected chi connectivity index (χ3v) is 2.13. The summed E-state index contributed by atoms with van der Waals surface area (Å²) in [6, 6.07) is 1.84. The summed E-state index contributed by atoms with van der Waals surface area (Å²) in [6.07, 6.45) is 5.79. The van der Waals surface area contributed by atoms with Crippen LogP contribution in [0.3, 0.4) is 0 Å². The number of nitrogens with zero attached hydrogens (tertiary/aromatic N) is 4. The van der Waals surface area contributed by atoms with Crippen molar-refractivity contribution in [1.82, 2.24) is 19.7 Å². The van der Waals surface area contributed by atoms with E-state index in [9.17, 15) is 0 Å². The number of nitrogens with one attached hydrogen (secondary N) is 1. The van der Waals surface area contributed by atoms with Crippen LogP contribution in [0.15, 0.2) is 24.8 Å². The maximum atomic E-state index is 5.38. The van der Waals surface area contributed by atoms with Gasteiger partial charge in [-0.25, -0.2) is 20.5 Å². The lowest BCUT2D eigenvalue weighted by Gasteiger charge is -2.10. The van der Waals surface area contributed by atoms with Gasteiger partial charge in [0.05, 0.1) is 0 Å². The highest BCUT2D eigenvalue weighted by Gasteiger charge is 2.10. The van der Waals surface area contributed by atoms with E-state index in [0.717, 1.165) is 17.8 Å². The summed E-state index contributed by atoms with van der Waals surface area (Å²) in [7, 11) is 0. The SMILES string of the molecule is CCc1c(NN)ncnc1-n1cccn1. The normalized spacial score (nSPS) is 10.3. The van der Waals surface area contributed by atoms with Gasteiger partial charge >= 0.3 is 0 Å². The molecule has 0 aliphatic carbocycles. The Labute approximate surface area is 87.1 Å². The van der Waals surface area contributed by atoms with E-state index < -0.39 is 0 Å². The van der Waals surface area contributed by atoms with Gasteiger partial charge in [-0.2, -0.15) is 5.10 Å². The number of rotatable bonds is 3.